The Bertz CT molecular complexity index is 313. The number of likely N-dealkylation sites (tertiary alicyclic amines) is 1. The summed E-state index contributed by atoms with van der Waals surface area (Å²) in [4.78, 5) is 25.3. The summed E-state index contributed by atoms with van der Waals surface area (Å²) in [6.45, 7) is 3.45. The summed E-state index contributed by atoms with van der Waals surface area (Å²) in [5.74, 6) is -0.313. The summed E-state index contributed by atoms with van der Waals surface area (Å²) in [5.41, 5.74) is 5.34. The maximum absolute atomic E-state index is 12.3. The summed E-state index contributed by atoms with van der Waals surface area (Å²) in [5, 5.41) is 3.21. The van der Waals surface area contributed by atoms with Crippen LogP contribution in [0.5, 0.6) is 0 Å². The van der Waals surface area contributed by atoms with Crippen molar-refractivity contribution in [2.24, 2.45) is 11.7 Å². The lowest BCUT2D eigenvalue weighted by Gasteiger charge is -2.38. The Labute approximate surface area is 102 Å². The molecular weight excluding hydrogens is 218 g/mol. The summed E-state index contributed by atoms with van der Waals surface area (Å²) in [6, 6.07) is 0.171. The number of rotatable bonds is 2. The summed E-state index contributed by atoms with van der Waals surface area (Å²) >= 11 is 0. The standard InChI is InChI=1S/C12H21N3O2/c1-8-4-5-9(11(13)16)7-15(8)12(17)10-3-2-6-14-10/h8-10,14H,2-7H2,1H3,(H2,13,16)/t8?,9?,10-/m0/s1. The van der Waals surface area contributed by atoms with Gasteiger partial charge in [0.2, 0.25) is 11.8 Å². The molecule has 0 spiro atoms. The minimum absolute atomic E-state index is 0.0518. The molecule has 2 fully saturated rings. The third-order valence-electron chi connectivity index (χ3n) is 3.93. The molecule has 5 heteroatoms. The highest BCUT2D eigenvalue weighted by molar-refractivity contribution is 5.84. The molecule has 0 aliphatic carbocycles. The first-order chi connectivity index (χ1) is 8.09. The van der Waals surface area contributed by atoms with Crippen molar-refractivity contribution < 1.29 is 9.59 Å². The van der Waals surface area contributed by atoms with E-state index < -0.39 is 0 Å². The van der Waals surface area contributed by atoms with Crippen LogP contribution in [-0.2, 0) is 9.59 Å². The van der Waals surface area contributed by atoms with Crippen LogP contribution in [0.2, 0.25) is 0 Å². The highest BCUT2D eigenvalue weighted by atomic mass is 16.2. The molecule has 2 heterocycles. The summed E-state index contributed by atoms with van der Waals surface area (Å²) in [6.07, 6.45) is 3.63. The molecule has 2 aliphatic rings. The summed E-state index contributed by atoms with van der Waals surface area (Å²) < 4.78 is 0. The third kappa shape index (κ3) is 2.60. The molecular formula is C12H21N3O2. The fourth-order valence-electron chi connectivity index (χ4n) is 2.74. The first-order valence-electron chi connectivity index (χ1n) is 6.42. The van der Waals surface area contributed by atoms with Crippen LogP contribution in [0.15, 0.2) is 0 Å². The number of carbonyl (C=O) groups is 2. The van der Waals surface area contributed by atoms with Crippen LogP contribution in [0.25, 0.3) is 0 Å². The number of hydrogen-bond donors (Lipinski definition) is 2. The van der Waals surface area contributed by atoms with Gasteiger partial charge in [0.05, 0.1) is 12.0 Å². The fraction of sp³-hybridized carbons (Fsp3) is 0.833. The SMILES string of the molecule is CC1CCC(C(N)=O)CN1C(=O)[C@@H]1CCCN1. The third-order valence-corrected chi connectivity index (χ3v) is 3.93. The van der Waals surface area contributed by atoms with Gasteiger partial charge in [-0.25, -0.2) is 0 Å². The Hall–Kier alpha value is -1.10. The van der Waals surface area contributed by atoms with E-state index in [1.54, 1.807) is 0 Å². The van der Waals surface area contributed by atoms with Crippen molar-refractivity contribution in [2.45, 2.75) is 44.7 Å². The van der Waals surface area contributed by atoms with E-state index in [9.17, 15) is 9.59 Å². The minimum Gasteiger partial charge on any atom is -0.369 e. The van der Waals surface area contributed by atoms with Gasteiger partial charge in [-0.15, -0.1) is 0 Å². The predicted octanol–water partition coefficient (Wildman–Crippen LogP) is -0.149. The molecule has 96 valence electrons. The Balaban J connectivity index is 2.01. The second-order valence-electron chi connectivity index (χ2n) is 5.17. The number of hydrogen-bond acceptors (Lipinski definition) is 3. The average Bonchev–Trinajstić information content (AvgIpc) is 2.81. The molecule has 2 unspecified atom stereocenters. The van der Waals surface area contributed by atoms with E-state index >= 15 is 0 Å². The Morgan fingerprint density at radius 1 is 1.29 bits per heavy atom. The van der Waals surface area contributed by atoms with E-state index in [-0.39, 0.29) is 29.8 Å². The van der Waals surface area contributed by atoms with Crippen molar-refractivity contribution in [2.75, 3.05) is 13.1 Å². The molecule has 2 rings (SSSR count). The van der Waals surface area contributed by atoms with E-state index in [0.29, 0.717) is 6.54 Å². The van der Waals surface area contributed by atoms with Crippen molar-refractivity contribution in [3.05, 3.63) is 0 Å². The molecule has 0 aromatic rings. The molecule has 0 aromatic heterocycles. The predicted molar refractivity (Wildman–Crippen MR) is 64.1 cm³/mol. The average molecular weight is 239 g/mol. The van der Waals surface area contributed by atoms with Crippen molar-refractivity contribution in [3.8, 4) is 0 Å². The highest BCUT2D eigenvalue weighted by Gasteiger charge is 2.35. The Morgan fingerprint density at radius 2 is 2.06 bits per heavy atom. The van der Waals surface area contributed by atoms with Crippen molar-refractivity contribution in [1.82, 2.24) is 10.2 Å². The first kappa shape index (κ1) is 12.4. The van der Waals surface area contributed by atoms with Gasteiger partial charge in [0.25, 0.3) is 0 Å². The monoisotopic (exact) mass is 239 g/mol. The number of nitrogens with two attached hydrogens (primary N) is 1. The number of nitrogens with one attached hydrogen (secondary N) is 1. The van der Waals surface area contributed by atoms with Gasteiger partial charge in [0.15, 0.2) is 0 Å². The van der Waals surface area contributed by atoms with Crippen LogP contribution < -0.4 is 11.1 Å². The van der Waals surface area contributed by atoms with E-state index in [4.69, 9.17) is 5.73 Å². The second kappa shape index (κ2) is 5.04. The molecule has 0 aromatic carbocycles. The number of piperidine rings is 1. The van der Waals surface area contributed by atoms with Crippen molar-refractivity contribution >= 4 is 11.8 Å². The molecule has 2 saturated heterocycles. The van der Waals surface area contributed by atoms with Crippen LogP contribution in [0.3, 0.4) is 0 Å². The van der Waals surface area contributed by atoms with E-state index in [0.717, 1.165) is 32.2 Å². The van der Waals surface area contributed by atoms with Crippen molar-refractivity contribution in [1.29, 1.82) is 0 Å². The smallest absolute Gasteiger partial charge is 0.239 e. The second-order valence-corrected chi connectivity index (χ2v) is 5.17. The van der Waals surface area contributed by atoms with Gasteiger partial charge in [-0.2, -0.15) is 0 Å². The van der Waals surface area contributed by atoms with Gasteiger partial charge in [-0.1, -0.05) is 0 Å². The molecule has 2 aliphatic heterocycles. The topological polar surface area (TPSA) is 75.4 Å². The van der Waals surface area contributed by atoms with Gasteiger partial charge in [-0.05, 0) is 39.2 Å². The zero-order valence-electron chi connectivity index (χ0n) is 10.3. The van der Waals surface area contributed by atoms with Gasteiger partial charge in [-0.3, -0.25) is 9.59 Å². The number of amides is 2. The van der Waals surface area contributed by atoms with Crippen LogP contribution in [0.1, 0.15) is 32.6 Å². The van der Waals surface area contributed by atoms with Gasteiger partial charge < -0.3 is 16.0 Å². The van der Waals surface area contributed by atoms with Crippen LogP contribution in [0, 0.1) is 5.92 Å². The van der Waals surface area contributed by atoms with Crippen LogP contribution in [-0.4, -0.2) is 41.9 Å². The quantitative estimate of drug-likeness (QED) is 0.703. The van der Waals surface area contributed by atoms with E-state index in [1.165, 1.54) is 0 Å². The van der Waals surface area contributed by atoms with Gasteiger partial charge in [0, 0.05) is 12.6 Å². The maximum Gasteiger partial charge on any atom is 0.239 e. The first-order valence-corrected chi connectivity index (χ1v) is 6.42. The number of carbonyl (C=O) groups excluding carboxylic acids is 2. The molecule has 0 saturated carbocycles. The van der Waals surface area contributed by atoms with Crippen LogP contribution in [0.4, 0.5) is 0 Å². The normalized spacial score (nSPS) is 33.7. The molecule has 0 radical (unpaired) electrons. The maximum atomic E-state index is 12.3. The van der Waals surface area contributed by atoms with Crippen molar-refractivity contribution in [3.63, 3.8) is 0 Å². The lowest BCUT2D eigenvalue weighted by molar-refractivity contribution is -0.139. The van der Waals surface area contributed by atoms with Gasteiger partial charge in [0.1, 0.15) is 0 Å². The minimum atomic E-state index is -0.283. The molecule has 3 N–H and O–H groups in total. The van der Waals surface area contributed by atoms with E-state index in [1.807, 2.05) is 11.8 Å². The highest BCUT2D eigenvalue weighted by Crippen LogP contribution is 2.23. The lowest BCUT2D eigenvalue weighted by Crippen LogP contribution is -2.53. The largest absolute Gasteiger partial charge is 0.369 e. The number of primary amides is 1. The molecule has 0 bridgehead atoms. The number of nitrogens with zero attached hydrogens (tertiary/aromatic N) is 1. The Kier molecular flexibility index (Phi) is 3.66. The van der Waals surface area contributed by atoms with E-state index in [2.05, 4.69) is 5.32 Å². The zero-order valence-corrected chi connectivity index (χ0v) is 10.3. The fourth-order valence-corrected chi connectivity index (χ4v) is 2.74. The summed E-state index contributed by atoms with van der Waals surface area (Å²) in [7, 11) is 0. The zero-order chi connectivity index (χ0) is 12.4. The van der Waals surface area contributed by atoms with Gasteiger partial charge >= 0.3 is 0 Å². The molecule has 17 heavy (non-hydrogen) atoms. The lowest BCUT2D eigenvalue weighted by atomic mass is 9.92. The molecule has 3 atom stereocenters. The Morgan fingerprint density at radius 3 is 2.65 bits per heavy atom. The van der Waals surface area contributed by atoms with Crippen LogP contribution >= 0.6 is 0 Å². The molecule has 2 amide bonds. The molecule has 5 nitrogen and oxygen atoms in total.